The molecule has 0 amide bonds. The van der Waals surface area contributed by atoms with Crippen molar-refractivity contribution in [2.75, 3.05) is 7.11 Å². The van der Waals surface area contributed by atoms with E-state index in [4.69, 9.17) is 13.9 Å². The maximum absolute atomic E-state index is 12.1. The van der Waals surface area contributed by atoms with Crippen LogP contribution >= 0.6 is 11.3 Å². The fraction of sp³-hybridized carbons (Fsp3) is 0.125. The van der Waals surface area contributed by atoms with E-state index >= 15 is 0 Å². The number of hydrogen-bond acceptors (Lipinski definition) is 6. The Bertz CT molecular complexity index is 764. The number of furan rings is 1. The highest BCUT2D eigenvalue weighted by atomic mass is 32.1. The highest BCUT2D eigenvalue weighted by Gasteiger charge is 2.15. The van der Waals surface area contributed by atoms with E-state index in [-0.39, 0.29) is 12.3 Å². The number of benzene rings is 1. The summed E-state index contributed by atoms with van der Waals surface area (Å²) >= 11 is 1.33. The molecule has 5 nitrogen and oxygen atoms in total. The normalized spacial score (nSPS) is 10.4. The lowest BCUT2D eigenvalue weighted by molar-refractivity contribution is 0.0464. The van der Waals surface area contributed by atoms with Crippen molar-refractivity contribution in [1.82, 2.24) is 4.98 Å². The molecule has 0 atom stereocenters. The molecule has 0 spiro atoms. The van der Waals surface area contributed by atoms with Crippen LogP contribution in [0.1, 0.15) is 16.1 Å². The largest absolute Gasteiger partial charge is 0.496 e. The van der Waals surface area contributed by atoms with E-state index < -0.39 is 5.97 Å². The van der Waals surface area contributed by atoms with Crippen LogP contribution < -0.4 is 4.74 Å². The van der Waals surface area contributed by atoms with Gasteiger partial charge in [-0.15, -0.1) is 11.3 Å². The molecule has 112 valence electrons. The van der Waals surface area contributed by atoms with Crippen molar-refractivity contribution in [1.29, 1.82) is 0 Å². The number of para-hydroxylation sites is 1. The summed E-state index contributed by atoms with van der Waals surface area (Å²) < 4.78 is 15.8. The number of aromatic nitrogens is 1. The van der Waals surface area contributed by atoms with Crippen LogP contribution in [-0.2, 0) is 11.3 Å². The zero-order chi connectivity index (χ0) is 15.4. The van der Waals surface area contributed by atoms with E-state index in [1.165, 1.54) is 11.3 Å². The first kappa shape index (κ1) is 14.3. The Labute approximate surface area is 131 Å². The highest BCUT2D eigenvalue weighted by molar-refractivity contribution is 7.13. The standard InChI is InChI=1S/C16H13NO4S/c1-19-13-6-3-2-5-11(13)9-21-16(18)12-10-22-15(17-12)14-7-4-8-20-14/h2-8,10H,9H2,1H3. The van der Waals surface area contributed by atoms with Gasteiger partial charge in [0, 0.05) is 10.9 Å². The Hall–Kier alpha value is -2.60. The van der Waals surface area contributed by atoms with Gasteiger partial charge in [0.1, 0.15) is 12.4 Å². The molecule has 22 heavy (non-hydrogen) atoms. The number of carbonyl (C=O) groups is 1. The number of rotatable bonds is 5. The van der Waals surface area contributed by atoms with E-state index in [9.17, 15) is 4.79 Å². The average molecular weight is 315 g/mol. The van der Waals surface area contributed by atoms with Crippen LogP contribution in [0.15, 0.2) is 52.5 Å². The van der Waals surface area contributed by atoms with E-state index in [0.29, 0.717) is 16.5 Å². The molecule has 0 aliphatic carbocycles. The number of hydrogen-bond donors (Lipinski definition) is 0. The van der Waals surface area contributed by atoms with E-state index in [0.717, 1.165) is 5.56 Å². The Morgan fingerprint density at radius 3 is 2.91 bits per heavy atom. The van der Waals surface area contributed by atoms with Crippen LogP contribution in [-0.4, -0.2) is 18.1 Å². The molecule has 0 bridgehead atoms. The molecule has 0 aliphatic rings. The Kier molecular flexibility index (Phi) is 4.20. The first-order valence-corrected chi connectivity index (χ1v) is 7.44. The predicted molar refractivity (Wildman–Crippen MR) is 81.9 cm³/mol. The zero-order valence-corrected chi connectivity index (χ0v) is 12.6. The van der Waals surface area contributed by atoms with Gasteiger partial charge in [0.25, 0.3) is 0 Å². The molecule has 0 N–H and O–H groups in total. The number of esters is 1. The molecule has 0 fully saturated rings. The molecule has 2 heterocycles. The van der Waals surface area contributed by atoms with Crippen molar-refractivity contribution >= 4 is 17.3 Å². The molecule has 0 radical (unpaired) electrons. The summed E-state index contributed by atoms with van der Waals surface area (Å²) in [6, 6.07) is 11.0. The lowest BCUT2D eigenvalue weighted by Crippen LogP contribution is -2.06. The number of carbonyl (C=O) groups excluding carboxylic acids is 1. The van der Waals surface area contributed by atoms with Gasteiger partial charge in [0.05, 0.1) is 13.4 Å². The molecule has 0 aliphatic heterocycles. The molecular weight excluding hydrogens is 302 g/mol. The average Bonchev–Trinajstić information content (AvgIpc) is 3.23. The van der Waals surface area contributed by atoms with Crippen molar-refractivity contribution in [3.8, 4) is 16.5 Å². The second-order valence-corrected chi connectivity index (χ2v) is 5.26. The lowest BCUT2D eigenvalue weighted by atomic mass is 10.2. The predicted octanol–water partition coefficient (Wildman–Crippen LogP) is 3.77. The van der Waals surface area contributed by atoms with Crippen LogP contribution in [0.5, 0.6) is 5.75 Å². The first-order valence-electron chi connectivity index (χ1n) is 6.56. The number of methoxy groups -OCH3 is 1. The van der Waals surface area contributed by atoms with Gasteiger partial charge in [-0.25, -0.2) is 9.78 Å². The van der Waals surface area contributed by atoms with E-state index in [1.807, 2.05) is 24.3 Å². The summed E-state index contributed by atoms with van der Waals surface area (Å²) in [4.78, 5) is 16.3. The van der Waals surface area contributed by atoms with Crippen LogP contribution in [0.4, 0.5) is 0 Å². The SMILES string of the molecule is COc1ccccc1COC(=O)c1csc(-c2ccco2)n1. The van der Waals surface area contributed by atoms with Crippen molar-refractivity contribution in [2.24, 2.45) is 0 Å². The minimum absolute atomic E-state index is 0.135. The first-order chi connectivity index (χ1) is 10.8. The molecule has 1 aromatic carbocycles. The maximum atomic E-state index is 12.1. The van der Waals surface area contributed by atoms with Crippen molar-refractivity contribution in [2.45, 2.75) is 6.61 Å². The molecule has 2 aromatic heterocycles. The molecule has 0 unspecified atom stereocenters. The monoisotopic (exact) mass is 315 g/mol. The highest BCUT2D eigenvalue weighted by Crippen LogP contribution is 2.24. The van der Waals surface area contributed by atoms with Gasteiger partial charge in [-0.1, -0.05) is 18.2 Å². The minimum Gasteiger partial charge on any atom is -0.496 e. The lowest BCUT2D eigenvalue weighted by Gasteiger charge is -2.08. The smallest absolute Gasteiger partial charge is 0.358 e. The topological polar surface area (TPSA) is 61.6 Å². The number of nitrogens with zero attached hydrogens (tertiary/aromatic N) is 1. The second-order valence-electron chi connectivity index (χ2n) is 4.40. The van der Waals surface area contributed by atoms with Crippen molar-refractivity contribution < 1.29 is 18.7 Å². The molecule has 3 aromatic rings. The fourth-order valence-corrected chi connectivity index (χ4v) is 2.68. The second kappa shape index (κ2) is 6.44. The summed E-state index contributed by atoms with van der Waals surface area (Å²) in [5.74, 6) is 0.846. The van der Waals surface area contributed by atoms with Gasteiger partial charge >= 0.3 is 5.97 Å². The summed E-state index contributed by atoms with van der Waals surface area (Å²) in [5, 5.41) is 2.30. The van der Waals surface area contributed by atoms with Crippen LogP contribution in [0.3, 0.4) is 0 Å². The molecule has 6 heteroatoms. The molecular formula is C16H13NO4S. The van der Waals surface area contributed by atoms with E-state index in [1.54, 1.807) is 30.9 Å². The third-order valence-corrected chi connectivity index (χ3v) is 3.85. The summed E-state index contributed by atoms with van der Waals surface area (Å²) in [6.45, 7) is 0.135. The summed E-state index contributed by atoms with van der Waals surface area (Å²) in [5.41, 5.74) is 1.08. The Balaban J connectivity index is 1.67. The third kappa shape index (κ3) is 3.01. The van der Waals surface area contributed by atoms with Crippen LogP contribution in [0.2, 0.25) is 0 Å². The van der Waals surface area contributed by atoms with Gasteiger partial charge in [-0.3, -0.25) is 0 Å². The quantitative estimate of drug-likeness (QED) is 0.671. The third-order valence-electron chi connectivity index (χ3n) is 3.00. The number of ether oxygens (including phenoxy) is 2. The number of thiazole rings is 1. The maximum Gasteiger partial charge on any atom is 0.358 e. The molecule has 0 saturated heterocycles. The van der Waals surface area contributed by atoms with Crippen LogP contribution in [0.25, 0.3) is 10.8 Å². The van der Waals surface area contributed by atoms with Crippen molar-refractivity contribution in [3.05, 3.63) is 59.3 Å². The molecule has 0 saturated carbocycles. The summed E-state index contributed by atoms with van der Waals surface area (Å²) in [6.07, 6.45) is 1.57. The summed E-state index contributed by atoms with van der Waals surface area (Å²) in [7, 11) is 1.58. The minimum atomic E-state index is -0.472. The van der Waals surface area contributed by atoms with Gasteiger partial charge in [0.2, 0.25) is 0 Å². The fourth-order valence-electron chi connectivity index (χ4n) is 1.92. The van der Waals surface area contributed by atoms with Gasteiger partial charge < -0.3 is 13.9 Å². The van der Waals surface area contributed by atoms with Gasteiger partial charge in [-0.05, 0) is 18.2 Å². The molecule has 3 rings (SSSR count). The van der Waals surface area contributed by atoms with Gasteiger partial charge in [0.15, 0.2) is 16.5 Å². The van der Waals surface area contributed by atoms with Crippen molar-refractivity contribution in [3.63, 3.8) is 0 Å². The zero-order valence-electron chi connectivity index (χ0n) is 11.8. The van der Waals surface area contributed by atoms with Gasteiger partial charge in [-0.2, -0.15) is 0 Å². The Morgan fingerprint density at radius 1 is 1.27 bits per heavy atom. The Morgan fingerprint density at radius 2 is 2.14 bits per heavy atom. The van der Waals surface area contributed by atoms with Crippen LogP contribution in [0, 0.1) is 0 Å². The van der Waals surface area contributed by atoms with E-state index in [2.05, 4.69) is 4.98 Å².